The van der Waals surface area contributed by atoms with Gasteiger partial charge in [0, 0.05) is 18.3 Å². The third-order valence-electron chi connectivity index (χ3n) is 2.77. The zero-order chi connectivity index (χ0) is 14.2. The Morgan fingerprint density at radius 1 is 1.30 bits per heavy atom. The molecule has 1 N–H and O–H groups in total. The van der Waals surface area contributed by atoms with Crippen molar-refractivity contribution in [3.63, 3.8) is 0 Å². The van der Waals surface area contributed by atoms with E-state index in [9.17, 15) is 8.42 Å². The summed E-state index contributed by atoms with van der Waals surface area (Å²) in [7, 11) is -3.48. The van der Waals surface area contributed by atoms with E-state index in [2.05, 4.69) is 25.8 Å². The van der Waals surface area contributed by atoms with Gasteiger partial charge in [-0.25, -0.2) is 17.7 Å². The number of aromatic nitrogens is 2. The van der Waals surface area contributed by atoms with E-state index in [0.717, 1.165) is 14.9 Å². The predicted molar refractivity (Wildman–Crippen MR) is 81.2 cm³/mol. The molecule has 0 radical (unpaired) electrons. The largest absolute Gasteiger partial charge is 0.250 e. The molecule has 0 aliphatic rings. The van der Waals surface area contributed by atoms with E-state index >= 15 is 0 Å². The fourth-order valence-corrected chi connectivity index (χ4v) is 4.87. The Hall–Kier alpha value is -1.22. The van der Waals surface area contributed by atoms with Crippen LogP contribution in [0.5, 0.6) is 0 Å². The van der Waals surface area contributed by atoms with Crippen LogP contribution in [-0.2, 0) is 16.6 Å². The average Bonchev–Trinajstić information content (AvgIpc) is 3.03. The lowest BCUT2D eigenvalue weighted by Crippen LogP contribution is -2.22. The second kappa shape index (κ2) is 5.28. The molecule has 0 saturated carbocycles. The highest BCUT2D eigenvalue weighted by Gasteiger charge is 2.17. The standard InChI is InChI=1S/C12H10BrN3O2S2/c13-11-4-5-12(19-11)20(17,18)15-8-9-7-14-16-6-2-1-3-10(9)16/h1-7,15H,8H2. The zero-order valence-electron chi connectivity index (χ0n) is 10.2. The van der Waals surface area contributed by atoms with Crippen LogP contribution in [-0.4, -0.2) is 18.0 Å². The summed E-state index contributed by atoms with van der Waals surface area (Å²) < 4.78 is 29.6. The van der Waals surface area contributed by atoms with Crippen molar-refractivity contribution < 1.29 is 8.42 Å². The Labute approximate surface area is 128 Å². The molecule has 0 aliphatic heterocycles. The summed E-state index contributed by atoms with van der Waals surface area (Å²) in [6, 6.07) is 8.96. The van der Waals surface area contributed by atoms with E-state index in [1.54, 1.807) is 22.8 Å². The topological polar surface area (TPSA) is 63.5 Å². The maximum atomic E-state index is 12.1. The molecule has 3 aromatic rings. The van der Waals surface area contributed by atoms with Gasteiger partial charge in [0.05, 0.1) is 15.5 Å². The van der Waals surface area contributed by atoms with E-state index in [1.165, 1.54) is 11.3 Å². The Morgan fingerprint density at radius 3 is 2.90 bits per heavy atom. The molecule has 0 spiro atoms. The van der Waals surface area contributed by atoms with Crippen LogP contribution in [0.3, 0.4) is 0 Å². The van der Waals surface area contributed by atoms with Gasteiger partial charge < -0.3 is 0 Å². The Bertz CT molecular complexity index is 854. The molecule has 104 valence electrons. The smallest absolute Gasteiger partial charge is 0.241 e. The van der Waals surface area contributed by atoms with Crippen molar-refractivity contribution >= 4 is 42.8 Å². The van der Waals surface area contributed by atoms with Gasteiger partial charge in [-0.1, -0.05) is 6.07 Å². The summed E-state index contributed by atoms with van der Waals surface area (Å²) in [5.74, 6) is 0. The molecule has 3 rings (SSSR count). The summed E-state index contributed by atoms with van der Waals surface area (Å²) in [4.78, 5) is 0. The quantitative estimate of drug-likeness (QED) is 0.766. The minimum Gasteiger partial charge on any atom is -0.241 e. The van der Waals surface area contributed by atoms with Crippen LogP contribution in [0.1, 0.15) is 5.56 Å². The van der Waals surface area contributed by atoms with Crippen LogP contribution < -0.4 is 4.72 Å². The van der Waals surface area contributed by atoms with Crippen LogP contribution >= 0.6 is 27.3 Å². The summed E-state index contributed by atoms with van der Waals surface area (Å²) in [5, 5.41) is 4.17. The molecule has 0 unspecified atom stereocenters. The molecular formula is C12H10BrN3O2S2. The molecule has 0 saturated heterocycles. The van der Waals surface area contributed by atoms with E-state index in [1.807, 2.05) is 24.4 Å². The Morgan fingerprint density at radius 2 is 2.15 bits per heavy atom. The van der Waals surface area contributed by atoms with Gasteiger partial charge in [0.2, 0.25) is 10.0 Å². The van der Waals surface area contributed by atoms with E-state index in [-0.39, 0.29) is 6.54 Å². The molecule has 0 aromatic carbocycles. The summed E-state index contributed by atoms with van der Waals surface area (Å²) in [5.41, 5.74) is 1.73. The molecule has 0 amide bonds. The second-order valence-corrected chi connectivity index (χ2v) is 8.54. The normalized spacial score (nSPS) is 12.1. The van der Waals surface area contributed by atoms with Crippen molar-refractivity contribution in [3.05, 3.63) is 52.1 Å². The van der Waals surface area contributed by atoms with Crippen molar-refractivity contribution in [1.29, 1.82) is 0 Å². The first-order valence-electron chi connectivity index (χ1n) is 5.72. The van der Waals surface area contributed by atoms with Gasteiger partial charge in [-0.2, -0.15) is 5.10 Å². The Kier molecular flexibility index (Phi) is 3.63. The number of pyridine rings is 1. The molecule has 20 heavy (non-hydrogen) atoms. The molecule has 3 aromatic heterocycles. The number of nitrogens with one attached hydrogen (secondary N) is 1. The Balaban J connectivity index is 1.83. The predicted octanol–water partition coefficient (Wildman–Crippen LogP) is 2.64. The van der Waals surface area contributed by atoms with Crippen LogP contribution in [0, 0.1) is 0 Å². The molecule has 0 fully saturated rings. The van der Waals surface area contributed by atoms with Crippen molar-refractivity contribution in [1.82, 2.24) is 14.3 Å². The highest BCUT2D eigenvalue weighted by atomic mass is 79.9. The first-order chi connectivity index (χ1) is 9.56. The summed E-state index contributed by atoms with van der Waals surface area (Å²) in [6.45, 7) is 0.214. The van der Waals surface area contributed by atoms with Crippen LogP contribution in [0.2, 0.25) is 0 Å². The van der Waals surface area contributed by atoms with Crippen molar-refractivity contribution in [3.8, 4) is 0 Å². The number of sulfonamides is 1. The van der Waals surface area contributed by atoms with Gasteiger partial charge in [0.1, 0.15) is 4.21 Å². The van der Waals surface area contributed by atoms with Gasteiger partial charge in [-0.3, -0.25) is 0 Å². The monoisotopic (exact) mass is 371 g/mol. The molecule has 5 nitrogen and oxygen atoms in total. The summed E-state index contributed by atoms with van der Waals surface area (Å²) in [6.07, 6.45) is 3.49. The summed E-state index contributed by atoms with van der Waals surface area (Å²) >= 11 is 4.44. The lowest BCUT2D eigenvalue weighted by atomic mass is 10.3. The minimum absolute atomic E-state index is 0.214. The fourth-order valence-electron chi connectivity index (χ4n) is 1.81. The van der Waals surface area contributed by atoms with Gasteiger partial charge >= 0.3 is 0 Å². The molecular weight excluding hydrogens is 362 g/mol. The third-order valence-corrected chi connectivity index (χ3v) is 6.29. The number of nitrogens with zero attached hydrogens (tertiary/aromatic N) is 2. The highest BCUT2D eigenvalue weighted by molar-refractivity contribution is 9.11. The number of fused-ring (bicyclic) bond motifs is 1. The molecule has 0 aliphatic carbocycles. The molecule has 3 heterocycles. The van der Waals surface area contributed by atoms with Crippen LogP contribution in [0.25, 0.3) is 5.52 Å². The highest BCUT2D eigenvalue weighted by Crippen LogP contribution is 2.26. The lowest BCUT2D eigenvalue weighted by molar-refractivity contribution is 0.583. The lowest BCUT2D eigenvalue weighted by Gasteiger charge is -2.03. The second-order valence-electron chi connectivity index (χ2n) is 4.08. The first-order valence-corrected chi connectivity index (χ1v) is 8.82. The van der Waals surface area contributed by atoms with Crippen molar-refractivity contribution in [2.45, 2.75) is 10.8 Å². The van der Waals surface area contributed by atoms with Crippen molar-refractivity contribution in [2.75, 3.05) is 0 Å². The minimum atomic E-state index is -3.48. The molecule has 0 atom stereocenters. The number of halogens is 1. The van der Waals surface area contributed by atoms with Gasteiger partial charge in [-0.05, 0) is 40.2 Å². The van der Waals surface area contributed by atoms with Crippen LogP contribution in [0.4, 0.5) is 0 Å². The number of hydrogen-bond acceptors (Lipinski definition) is 4. The number of thiophene rings is 1. The van der Waals surface area contributed by atoms with Gasteiger partial charge in [-0.15, -0.1) is 11.3 Å². The van der Waals surface area contributed by atoms with Crippen LogP contribution in [0.15, 0.2) is 50.7 Å². The van der Waals surface area contributed by atoms with E-state index in [4.69, 9.17) is 0 Å². The fraction of sp³-hybridized carbons (Fsp3) is 0.0833. The molecule has 8 heteroatoms. The average molecular weight is 372 g/mol. The number of hydrogen-bond donors (Lipinski definition) is 1. The zero-order valence-corrected chi connectivity index (χ0v) is 13.4. The number of rotatable bonds is 4. The van der Waals surface area contributed by atoms with E-state index < -0.39 is 10.0 Å². The molecule has 0 bridgehead atoms. The first kappa shape index (κ1) is 13.7. The SMILES string of the molecule is O=S(=O)(NCc1cnn2ccccc12)c1ccc(Br)s1. The third kappa shape index (κ3) is 2.64. The maximum Gasteiger partial charge on any atom is 0.250 e. The van der Waals surface area contributed by atoms with Crippen molar-refractivity contribution in [2.24, 2.45) is 0 Å². The van der Waals surface area contributed by atoms with Gasteiger partial charge in [0.15, 0.2) is 0 Å². The van der Waals surface area contributed by atoms with E-state index in [0.29, 0.717) is 4.21 Å². The maximum absolute atomic E-state index is 12.1. The van der Waals surface area contributed by atoms with Gasteiger partial charge in [0.25, 0.3) is 0 Å².